The van der Waals surface area contributed by atoms with Gasteiger partial charge in [-0.25, -0.2) is 0 Å². The van der Waals surface area contributed by atoms with Crippen LogP contribution in [0.4, 0.5) is 0 Å². The first-order valence-electron chi connectivity index (χ1n) is 10.2. The van der Waals surface area contributed by atoms with Crippen molar-refractivity contribution in [2.75, 3.05) is 13.7 Å². The van der Waals surface area contributed by atoms with Crippen LogP contribution in [-0.4, -0.2) is 30.6 Å². The van der Waals surface area contributed by atoms with Gasteiger partial charge in [-0.3, -0.25) is 9.78 Å². The number of methoxy groups -OCH3 is 1. The Morgan fingerprint density at radius 1 is 1.11 bits per heavy atom. The number of rotatable bonds is 6. The predicted molar refractivity (Wildman–Crippen MR) is 108 cm³/mol. The molecule has 0 spiro atoms. The summed E-state index contributed by atoms with van der Waals surface area (Å²) in [7, 11) is 1.68. The summed E-state index contributed by atoms with van der Waals surface area (Å²) in [6.45, 7) is 0.668. The summed E-state index contributed by atoms with van der Waals surface area (Å²) >= 11 is 0. The van der Waals surface area contributed by atoms with Gasteiger partial charge in [-0.15, -0.1) is 0 Å². The Morgan fingerprint density at radius 2 is 1.89 bits per heavy atom. The minimum atomic E-state index is -0.0255. The number of aromatic nitrogens is 1. The van der Waals surface area contributed by atoms with Gasteiger partial charge in [-0.1, -0.05) is 6.07 Å². The molecule has 2 atom stereocenters. The number of amides is 1. The second kappa shape index (κ2) is 8.63. The number of pyridine rings is 1. The molecule has 2 heterocycles. The van der Waals surface area contributed by atoms with E-state index in [0.717, 1.165) is 42.7 Å². The van der Waals surface area contributed by atoms with E-state index >= 15 is 0 Å². The highest BCUT2D eigenvalue weighted by atomic mass is 16.5. The molecule has 2 aliphatic rings. The minimum Gasteiger partial charge on any atom is -0.493 e. The first-order chi connectivity index (χ1) is 13.7. The van der Waals surface area contributed by atoms with Crippen LogP contribution in [-0.2, 0) is 11.2 Å². The molecule has 1 aromatic heterocycles. The fourth-order valence-electron chi connectivity index (χ4n) is 4.36. The third-order valence-electron chi connectivity index (χ3n) is 5.95. The molecule has 1 aliphatic carbocycles. The van der Waals surface area contributed by atoms with Crippen LogP contribution in [0.25, 0.3) is 0 Å². The van der Waals surface area contributed by atoms with Crippen LogP contribution in [0.1, 0.15) is 49.1 Å². The topological polar surface area (TPSA) is 60.5 Å². The van der Waals surface area contributed by atoms with Crippen molar-refractivity contribution in [2.24, 2.45) is 5.92 Å². The van der Waals surface area contributed by atoms with Crippen LogP contribution < -0.4 is 14.8 Å². The summed E-state index contributed by atoms with van der Waals surface area (Å²) in [5.74, 6) is 2.01. The number of carbonyl (C=O) groups excluding carboxylic acids is 1. The van der Waals surface area contributed by atoms with Gasteiger partial charge in [0.15, 0.2) is 11.5 Å². The smallest absolute Gasteiger partial charge is 0.223 e. The van der Waals surface area contributed by atoms with Crippen molar-refractivity contribution < 1.29 is 14.3 Å². The van der Waals surface area contributed by atoms with Gasteiger partial charge in [-0.2, -0.15) is 0 Å². The molecule has 1 N–H and O–H groups in total. The fourth-order valence-corrected chi connectivity index (χ4v) is 4.36. The molecule has 1 aliphatic heterocycles. The van der Waals surface area contributed by atoms with Crippen molar-refractivity contribution in [3.8, 4) is 11.5 Å². The van der Waals surface area contributed by atoms with Crippen molar-refractivity contribution >= 4 is 5.91 Å². The molecule has 0 unspecified atom stereocenters. The van der Waals surface area contributed by atoms with E-state index in [2.05, 4.69) is 22.4 Å². The Bertz CT molecular complexity index is 803. The molecular weight excluding hydrogens is 352 g/mol. The summed E-state index contributed by atoms with van der Waals surface area (Å²) in [6, 6.07) is 10.2. The van der Waals surface area contributed by atoms with Crippen LogP contribution in [0.2, 0.25) is 0 Å². The third kappa shape index (κ3) is 4.29. The Morgan fingerprint density at radius 3 is 2.64 bits per heavy atom. The molecule has 148 valence electrons. The molecule has 1 saturated heterocycles. The molecule has 5 heteroatoms. The van der Waals surface area contributed by atoms with Gasteiger partial charge < -0.3 is 14.8 Å². The van der Waals surface area contributed by atoms with Gasteiger partial charge in [0.25, 0.3) is 0 Å². The quantitative estimate of drug-likeness (QED) is 0.826. The van der Waals surface area contributed by atoms with Crippen molar-refractivity contribution in [1.82, 2.24) is 10.3 Å². The van der Waals surface area contributed by atoms with E-state index in [-0.39, 0.29) is 23.8 Å². The van der Waals surface area contributed by atoms with Crippen molar-refractivity contribution in [2.45, 2.75) is 50.5 Å². The van der Waals surface area contributed by atoms with E-state index in [1.807, 2.05) is 18.2 Å². The van der Waals surface area contributed by atoms with Crippen LogP contribution in [0.3, 0.4) is 0 Å². The lowest BCUT2D eigenvalue weighted by molar-refractivity contribution is -0.126. The second-order valence-corrected chi connectivity index (χ2v) is 7.87. The lowest BCUT2D eigenvalue weighted by atomic mass is 9.82. The molecule has 4 rings (SSSR count). The normalized spacial score (nSPS) is 22.7. The van der Waals surface area contributed by atoms with Gasteiger partial charge in [-0.05, 0) is 73.9 Å². The van der Waals surface area contributed by atoms with Gasteiger partial charge in [0.2, 0.25) is 5.91 Å². The van der Waals surface area contributed by atoms with Crippen molar-refractivity contribution in [3.05, 3.63) is 53.9 Å². The maximum absolute atomic E-state index is 12.4. The van der Waals surface area contributed by atoms with Gasteiger partial charge >= 0.3 is 0 Å². The molecule has 0 bridgehead atoms. The van der Waals surface area contributed by atoms with E-state index < -0.39 is 0 Å². The summed E-state index contributed by atoms with van der Waals surface area (Å²) in [5, 5.41) is 3.10. The molecular formula is C23H28N2O3. The Kier molecular flexibility index (Phi) is 5.79. The van der Waals surface area contributed by atoms with Gasteiger partial charge in [0, 0.05) is 30.8 Å². The van der Waals surface area contributed by atoms with E-state index in [9.17, 15) is 4.79 Å². The molecule has 1 aromatic carbocycles. The predicted octanol–water partition coefficient (Wildman–Crippen LogP) is 3.87. The first kappa shape index (κ1) is 18.8. The largest absolute Gasteiger partial charge is 0.493 e. The highest BCUT2D eigenvalue weighted by Crippen LogP contribution is 2.37. The van der Waals surface area contributed by atoms with Crippen LogP contribution in [0.15, 0.2) is 42.7 Å². The summed E-state index contributed by atoms with van der Waals surface area (Å²) < 4.78 is 11.8. The highest BCUT2D eigenvalue weighted by molar-refractivity contribution is 5.80. The zero-order valence-electron chi connectivity index (χ0n) is 16.4. The molecule has 1 amide bonds. The van der Waals surface area contributed by atoms with E-state index in [1.165, 1.54) is 18.4 Å². The highest BCUT2D eigenvalue weighted by Gasteiger charge is 2.30. The average molecular weight is 380 g/mol. The van der Waals surface area contributed by atoms with Crippen molar-refractivity contribution in [1.29, 1.82) is 0 Å². The maximum Gasteiger partial charge on any atom is 0.223 e. The third-order valence-corrected chi connectivity index (χ3v) is 5.95. The first-order valence-corrected chi connectivity index (χ1v) is 10.2. The molecule has 28 heavy (non-hydrogen) atoms. The standard InChI is InChI=1S/C23H28N2O3/c1-27-21-7-6-17(14-22(21)28-20-4-2-3-5-20)19-13-18(23(26)25-15-19)12-16-8-10-24-11-9-16/h6-11,14,18-20H,2-5,12-13,15H2,1H3,(H,25,26)/t18-,19-/m1/s1. The van der Waals surface area contributed by atoms with Crippen molar-refractivity contribution in [3.63, 3.8) is 0 Å². The molecule has 5 nitrogen and oxygen atoms in total. The SMILES string of the molecule is COc1ccc([C@H]2CNC(=O)[C@H](Cc3ccncc3)C2)cc1OC1CCCC1. The number of benzene rings is 1. The number of nitrogens with zero attached hydrogens (tertiary/aromatic N) is 1. The van der Waals surface area contributed by atoms with Gasteiger partial charge in [0.1, 0.15) is 0 Å². The Hall–Kier alpha value is -2.56. The van der Waals surface area contributed by atoms with Crippen LogP contribution in [0, 0.1) is 5.92 Å². The lowest BCUT2D eigenvalue weighted by Crippen LogP contribution is -2.41. The van der Waals surface area contributed by atoms with Gasteiger partial charge in [0.05, 0.1) is 13.2 Å². The summed E-state index contributed by atoms with van der Waals surface area (Å²) in [4.78, 5) is 16.5. The molecule has 1 saturated carbocycles. The lowest BCUT2D eigenvalue weighted by Gasteiger charge is -2.30. The Labute approximate surface area is 166 Å². The summed E-state index contributed by atoms with van der Waals surface area (Å²) in [5.41, 5.74) is 2.35. The molecule has 0 radical (unpaired) electrons. The second-order valence-electron chi connectivity index (χ2n) is 7.87. The van der Waals surface area contributed by atoms with E-state index in [0.29, 0.717) is 6.54 Å². The van der Waals surface area contributed by atoms with E-state index in [1.54, 1.807) is 19.5 Å². The number of nitrogens with one attached hydrogen (secondary N) is 1. The van der Waals surface area contributed by atoms with Crippen LogP contribution >= 0.6 is 0 Å². The number of piperidine rings is 1. The minimum absolute atomic E-state index is 0.0255. The monoisotopic (exact) mass is 380 g/mol. The maximum atomic E-state index is 12.4. The summed E-state index contributed by atoms with van der Waals surface area (Å²) in [6.07, 6.45) is 10.1. The zero-order valence-corrected chi connectivity index (χ0v) is 16.4. The molecule has 2 aromatic rings. The number of ether oxygens (including phenoxy) is 2. The zero-order chi connectivity index (χ0) is 19.3. The average Bonchev–Trinajstić information content (AvgIpc) is 3.23. The number of hydrogen-bond donors (Lipinski definition) is 1. The van der Waals surface area contributed by atoms with Crippen LogP contribution in [0.5, 0.6) is 11.5 Å². The number of hydrogen-bond acceptors (Lipinski definition) is 4. The Balaban J connectivity index is 1.50. The van der Waals surface area contributed by atoms with E-state index in [4.69, 9.17) is 9.47 Å². The molecule has 2 fully saturated rings. The fraction of sp³-hybridized carbons (Fsp3) is 0.478. The number of carbonyl (C=O) groups is 1.